The van der Waals surface area contributed by atoms with Crippen molar-refractivity contribution in [2.24, 2.45) is 11.8 Å². The van der Waals surface area contributed by atoms with Gasteiger partial charge in [-0.05, 0) is 61.6 Å². The molecule has 2 heterocycles. The van der Waals surface area contributed by atoms with E-state index in [1.807, 2.05) is 24.3 Å². The summed E-state index contributed by atoms with van der Waals surface area (Å²) >= 11 is 0. The highest BCUT2D eigenvalue weighted by molar-refractivity contribution is 5.92. The van der Waals surface area contributed by atoms with E-state index in [2.05, 4.69) is 39.7 Å². The zero-order valence-electron chi connectivity index (χ0n) is 17.4. The summed E-state index contributed by atoms with van der Waals surface area (Å²) in [6.07, 6.45) is 5.81. The molecule has 1 unspecified atom stereocenters. The SMILES string of the molecule is CC(=O)NC(c1ccccn1)C1CCC(CNC(=O)c2cc(C(C)C)[nH]n2)CC1. The number of nitrogens with zero attached hydrogens (tertiary/aromatic N) is 2. The Morgan fingerprint density at radius 2 is 1.97 bits per heavy atom. The van der Waals surface area contributed by atoms with Crippen LogP contribution in [-0.2, 0) is 4.79 Å². The zero-order chi connectivity index (χ0) is 20.8. The lowest BCUT2D eigenvalue weighted by Gasteiger charge is -2.34. The number of hydrogen-bond acceptors (Lipinski definition) is 4. The Morgan fingerprint density at radius 3 is 2.55 bits per heavy atom. The molecule has 0 bridgehead atoms. The number of pyridine rings is 1. The van der Waals surface area contributed by atoms with Crippen molar-refractivity contribution < 1.29 is 9.59 Å². The van der Waals surface area contributed by atoms with Crippen LogP contribution < -0.4 is 10.6 Å². The van der Waals surface area contributed by atoms with E-state index < -0.39 is 0 Å². The molecule has 7 heteroatoms. The fraction of sp³-hybridized carbons (Fsp3) is 0.545. The molecule has 0 spiro atoms. The Kier molecular flexibility index (Phi) is 7.01. The molecule has 1 aliphatic carbocycles. The van der Waals surface area contributed by atoms with Crippen LogP contribution in [0.3, 0.4) is 0 Å². The van der Waals surface area contributed by atoms with Crippen LogP contribution in [0.25, 0.3) is 0 Å². The predicted molar refractivity (Wildman–Crippen MR) is 111 cm³/mol. The van der Waals surface area contributed by atoms with Gasteiger partial charge in [0.1, 0.15) is 5.69 Å². The van der Waals surface area contributed by atoms with Gasteiger partial charge in [0, 0.05) is 25.4 Å². The summed E-state index contributed by atoms with van der Waals surface area (Å²) in [5.41, 5.74) is 2.33. The normalized spacial score (nSPS) is 20.3. The number of amides is 2. The van der Waals surface area contributed by atoms with Crippen LogP contribution >= 0.6 is 0 Å². The van der Waals surface area contributed by atoms with Gasteiger partial charge >= 0.3 is 0 Å². The van der Waals surface area contributed by atoms with E-state index in [4.69, 9.17) is 0 Å². The Bertz CT molecular complexity index is 810. The molecule has 0 aliphatic heterocycles. The third-order valence-corrected chi connectivity index (χ3v) is 5.73. The number of carbonyl (C=O) groups is 2. The average molecular weight is 398 g/mol. The van der Waals surface area contributed by atoms with Crippen LogP contribution in [0.1, 0.15) is 80.3 Å². The van der Waals surface area contributed by atoms with Gasteiger partial charge in [0.05, 0.1) is 11.7 Å². The molecule has 1 saturated carbocycles. The summed E-state index contributed by atoms with van der Waals surface area (Å²) < 4.78 is 0. The van der Waals surface area contributed by atoms with Crippen molar-refractivity contribution in [3.8, 4) is 0 Å². The van der Waals surface area contributed by atoms with Crippen LogP contribution in [-0.4, -0.2) is 33.5 Å². The van der Waals surface area contributed by atoms with Crippen molar-refractivity contribution in [3.05, 3.63) is 47.5 Å². The van der Waals surface area contributed by atoms with Gasteiger partial charge < -0.3 is 10.6 Å². The lowest BCUT2D eigenvalue weighted by molar-refractivity contribution is -0.120. The summed E-state index contributed by atoms with van der Waals surface area (Å²) in [7, 11) is 0. The molecular weight excluding hydrogens is 366 g/mol. The average Bonchev–Trinajstić information content (AvgIpc) is 3.22. The number of rotatable bonds is 7. The molecule has 29 heavy (non-hydrogen) atoms. The summed E-state index contributed by atoms with van der Waals surface area (Å²) in [5.74, 6) is 0.964. The van der Waals surface area contributed by atoms with Gasteiger partial charge in [0.25, 0.3) is 5.91 Å². The fourth-order valence-corrected chi connectivity index (χ4v) is 4.01. The number of H-pyrrole nitrogens is 1. The minimum atomic E-state index is -0.125. The maximum atomic E-state index is 12.4. The number of carbonyl (C=O) groups excluding carboxylic acids is 2. The van der Waals surface area contributed by atoms with E-state index in [-0.39, 0.29) is 17.9 Å². The van der Waals surface area contributed by atoms with Gasteiger partial charge in [0.2, 0.25) is 5.91 Å². The topological polar surface area (TPSA) is 99.8 Å². The molecule has 1 aliphatic rings. The highest BCUT2D eigenvalue weighted by Gasteiger charge is 2.30. The number of aromatic amines is 1. The first-order valence-electron chi connectivity index (χ1n) is 10.5. The van der Waals surface area contributed by atoms with E-state index in [9.17, 15) is 9.59 Å². The Hall–Kier alpha value is -2.70. The second-order valence-corrected chi connectivity index (χ2v) is 8.29. The molecule has 3 N–H and O–H groups in total. The van der Waals surface area contributed by atoms with Crippen LogP contribution in [0.5, 0.6) is 0 Å². The van der Waals surface area contributed by atoms with E-state index >= 15 is 0 Å². The van der Waals surface area contributed by atoms with E-state index in [1.54, 1.807) is 13.1 Å². The monoisotopic (exact) mass is 397 g/mol. The molecule has 2 amide bonds. The number of nitrogens with one attached hydrogen (secondary N) is 3. The molecule has 0 saturated heterocycles. The van der Waals surface area contributed by atoms with Gasteiger partial charge in [-0.15, -0.1) is 0 Å². The highest BCUT2D eigenvalue weighted by atomic mass is 16.2. The van der Waals surface area contributed by atoms with Gasteiger partial charge in [-0.1, -0.05) is 19.9 Å². The largest absolute Gasteiger partial charge is 0.350 e. The van der Waals surface area contributed by atoms with Crippen LogP contribution in [0.4, 0.5) is 0 Å². The predicted octanol–water partition coefficient (Wildman–Crippen LogP) is 3.34. The van der Waals surface area contributed by atoms with Crippen molar-refractivity contribution in [3.63, 3.8) is 0 Å². The molecular formula is C22H31N5O2. The number of aromatic nitrogens is 3. The minimum absolute atomic E-state index is 0.0326. The van der Waals surface area contributed by atoms with Crippen LogP contribution in [0.2, 0.25) is 0 Å². The fourth-order valence-electron chi connectivity index (χ4n) is 4.01. The van der Waals surface area contributed by atoms with Crippen molar-refractivity contribution in [1.29, 1.82) is 0 Å². The third-order valence-electron chi connectivity index (χ3n) is 5.73. The molecule has 7 nitrogen and oxygen atoms in total. The molecule has 1 atom stereocenters. The summed E-state index contributed by atoms with van der Waals surface area (Å²) in [6.45, 7) is 6.33. The van der Waals surface area contributed by atoms with Gasteiger partial charge in [-0.2, -0.15) is 5.10 Å². The second-order valence-electron chi connectivity index (χ2n) is 8.29. The highest BCUT2D eigenvalue weighted by Crippen LogP contribution is 2.36. The van der Waals surface area contributed by atoms with Crippen molar-refractivity contribution in [2.75, 3.05) is 6.54 Å². The first kappa shape index (κ1) is 21.0. The molecule has 2 aromatic rings. The molecule has 156 valence electrons. The molecule has 0 radical (unpaired) electrons. The lowest BCUT2D eigenvalue weighted by atomic mass is 9.77. The summed E-state index contributed by atoms with van der Waals surface area (Å²) in [4.78, 5) is 28.5. The second kappa shape index (κ2) is 9.67. The van der Waals surface area contributed by atoms with Crippen molar-refractivity contribution >= 4 is 11.8 Å². The van der Waals surface area contributed by atoms with Crippen molar-refractivity contribution in [2.45, 2.75) is 58.4 Å². The minimum Gasteiger partial charge on any atom is -0.350 e. The maximum absolute atomic E-state index is 12.4. The zero-order valence-corrected chi connectivity index (χ0v) is 17.4. The Balaban J connectivity index is 1.51. The number of hydrogen-bond donors (Lipinski definition) is 3. The molecule has 2 aromatic heterocycles. The summed E-state index contributed by atoms with van der Waals surface area (Å²) in [6, 6.07) is 7.59. The van der Waals surface area contributed by atoms with Crippen LogP contribution in [0.15, 0.2) is 30.5 Å². The van der Waals surface area contributed by atoms with E-state index in [0.717, 1.165) is 37.1 Å². The molecule has 3 rings (SSSR count). The summed E-state index contributed by atoms with van der Waals surface area (Å²) in [5, 5.41) is 13.1. The van der Waals surface area contributed by atoms with Gasteiger partial charge in [-0.25, -0.2) is 0 Å². The first-order chi connectivity index (χ1) is 13.9. The first-order valence-corrected chi connectivity index (χ1v) is 10.5. The Morgan fingerprint density at radius 1 is 1.21 bits per heavy atom. The quantitative estimate of drug-likeness (QED) is 0.667. The molecule has 0 aromatic carbocycles. The standard InChI is InChI=1S/C22H31N5O2/c1-14(2)19-12-20(27-26-19)22(29)24-13-16-7-9-17(10-8-16)21(25-15(3)28)18-6-4-5-11-23-18/h4-6,11-12,14,16-17,21H,7-10,13H2,1-3H3,(H,24,29)(H,25,28)(H,26,27). The maximum Gasteiger partial charge on any atom is 0.271 e. The van der Waals surface area contributed by atoms with Gasteiger partial charge in [-0.3, -0.25) is 19.7 Å². The Labute approximate surface area is 172 Å². The van der Waals surface area contributed by atoms with Crippen molar-refractivity contribution in [1.82, 2.24) is 25.8 Å². The molecule has 1 fully saturated rings. The van der Waals surface area contributed by atoms with E-state index in [0.29, 0.717) is 30.0 Å². The van der Waals surface area contributed by atoms with E-state index in [1.165, 1.54) is 0 Å². The van der Waals surface area contributed by atoms with Crippen LogP contribution in [0, 0.1) is 11.8 Å². The smallest absolute Gasteiger partial charge is 0.271 e. The lowest BCUT2D eigenvalue weighted by Crippen LogP contribution is -2.36. The third kappa shape index (κ3) is 5.65. The van der Waals surface area contributed by atoms with Gasteiger partial charge in [0.15, 0.2) is 0 Å².